The number of ether oxygens (including phenoxy) is 2. The van der Waals surface area contributed by atoms with Crippen LogP contribution in [0.4, 0.5) is 5.69 Å². The molecule has 136 valence electrons. The summed E-state index contributed by atoms with van der Waals surface area (Å²) in [6.07, 6.45) is 2.44. The lowest BCUT2D eigenvalue weighted by Crippen LogP contribution is -2.12. The lowest BCUT2D eigenvalue weighted by Gasteiger charge is -2.11. The van der Waals surface area contributed by atoms with Gasteiger partial charge in [-0.3, -0.25) is 9.78 Å². The topological polar surface area (TPSA) is 60.5 Å². The Morgan fingerprint density at radius 3 is 2.59 bits per heavy atom. The average molecular weight is 360 g/mol. The average Bonchev–Trinajstić information content (AvgIpc) is 2.93. The van der Waals surface area contributed by atoms with E-state index in [4.69, 9.17) is 9.47 Å². The summed E-state index contributed by atoms with van der Waals surface area (Å²) in [6.45, 7) is 3.29. The van der Waals surface area contributed by atoms with Gasteiger partial charge in [0, 0.05) is 29.9 Å². The molecule has 0 bridgehead atoms. The Hall–Kier alpha value is -3.34. The number of hydrogen-bond donors (Lipinski definition) is 1. The molecule has 1 N–H and O–H groups in total. The minimum atomic E-state index is -0.215. The number of nitrogens with one attached hydrogen (secondary N) is 1. The Morgan fingerprint density at radius 2 is 1.81 bits per heavy atom. The fraction of sp³-hybridized carbons (Fsp3) is 0.182. The number of carbonyl (C=O) groups excluding carboxylic acids is 1. The van der Waals surface area contributed by atoms with Crippen molar-refractivity contribution in [2.45, 2.75) is 13.3 Å². The quantitative estimate of drug-likeness (QED) is 0.749. The molecule has 1 aliphatic heterocycles. The van der Waals surface area contributed by atoms with E-state index in [1.54, 1.807) is 24.4 Å². The predicted molar refractivity (Wildman–Crippen MR) is 104 cm³/mol. The van der Waals surface area contributed by atoms with Gasteiger partial charge in [0.05, 0.1) is 24.5 Å². The van der Waals surface area contributed by atoms with Crippen LogP contribution in [0.5, 0.6) is 11.5 Å². The third kappa shape index (κ3) is 3.77. The Balaban J connectivity index is 1.50. The molecule has 0 unspecified atom stereocenters. The number of anilines is 1. The molecule has 0 atom stereocenters. The first-order valence-corrected chi connectivity index (χ1v) is 8.94. The van der Waals surface area contributed by atoms with Crippen LogP contribution >= 0.6 is 0 Å². The van der Waals surface area contributed by atoms with Gasteiger partial charge in [-0.05, 0) is 36.8 Å². The van der Waals surface area contributed by atoms with E-state index < -0.39 is 0 Å². The molecule has 0 spiro atoms. The summed E-state index contributed by atoms with van der Waals surface area (Å²) in [6, 6.07) is 17.1. The van der Waals surface area contributed by atoms with E-state index in [0.29, 0.717) is 36.0 Å². The first-order valence-electron chi connectivity index (χ1n) is 8.94. The van der Waals surface area contributed by atoms with E-state index in [2.05, 4.69) is 10.3 Å². The zero-order chi connectivity index (χ0) is 18.6. The highest BCUT2D eigenvalue weighted by Crippen LogP contribution is 2.32. The molecule has 0 saturated heterocycles. The maximum atomic E-state index is 12.5. The van der Waals surface area contributed by atoms with Gasteiger partial charge in [0.15, 0.2) is 11.5 Å². The van der Waals surface area contributed by atoms with Crippen LogP contribution in [0.1, 0.15) is 22.3 Å². The Labute approximate surface area is 158 Å². The minimum absolute atomic E-state index is 0.215. The molecule has 0 saturated carbocycles. The molecule has 1 aliphatic rings. The van der Waals surface area contributed by atoms with Gasteiger partial charge in [0.2, 0.25) is 0 Å². The molecule has 2 heterocycles. The molecule has 0 radical (unpaired) electrons. The van der Waals surface area contributed by atoms with Crippen LogP contribution in [0.25, 0.3) is 11.3 Å². The second kappa shape index (κ2) is 7.50. The molecule has 5 heteroatoms. The summed E-state index contributed by atoms with van der Waals surface area (Å²) in [5, 5.41) is 2.88. The summed E-state index contributed by atoms with van der Waals surface area (Å²) in [5.74, 6) is 1.14. The molecule has 1 amide bonds. The summed E-state index contributed by atoms with van der Waals surface area (Å²) in [4.78, 5) is 17.0. The fourth-order valence-electron chi connectivity index (χ4n) is 2.99. The molecule has 4 rings (SSSR count). The predicted octanol–water partition coefficient (Wildman–Crippen LogP) is 4.47. The zero-order valence-electron chi connectivity index (χ0n) is 15.1. The van der Waals surface area contributed by atoms with Gasteiger partial charge in [-0.15, -0.1) is 0 Å². The summed E-state index contributed by atoms with van der Waals surface area (Å²) < 4.78 is 11.3. The first-order chi connectivity index (χ1) is 13.2. The molecule has 2 aromatic carbocycles. The van der Waals surface area contributed by atoms with Gasteiger partial charge in [0.25, 0.3) is 5.91 Å². The molecule has 5 nitrogen and oxygen atoms in total. The molecule has 1 aromatic heterocycles. The van der Waals surface area contributed by atoms with Crippen LogP contribution in [0.2, 0.25) is 0 Å². The second-order valence-electron chi connectivity index (χ2n) is 6.41. The highest BCUT2D eigenvalue weighted by Gasteiger charge is 2.13. The summed E-state index contributed by atoms with van der Waals surface area (Å²) in [7, 11) is 0. The number of hydrogen-bond acceptors (Lipinski definition) is 4. The first kappa shape index (κ1) is 17.1. The molecule has 27 heavy (non-hydrogen) atoms. The summed E-state index contributed by atoms with van der Waals surface area (Å²) in [5.41, 5.74) is 4.22. The zero-order valence-corrected chi connectivity index (χ0v) is 15.1. The molecule has 0 fully saturated rings. The normalized spacial score (nSPS) is 12.9. The maximum Gasteiger partial charge on any atom is 0.257 e. The van der Waals surface area contributed by atoms with Gasteiger partial charge >= 0.3 is 0 Å². The molecule has 3 aromatic rings. The van der Waals surface area contributed by atoms with Crippen LogP contribution in [-0.2, 0) is 0 Å². The Bertz CT molecular complexity index is 968. The van der Waals surface area contributed by atoms with E-state index in [0.717, 1.165) is 23.2 Å². The number of nitrogens with zero attached hydrogens (tertiary/aromatic N) is 1. The van der Waals surface area contributed by atoms with Gasteiger partial charge < -0.3 is 14.8 Å². The number of benzene rings is 2. The van der Waals surface area contributed by atoms with E-state index in [1.165, 1.54) is 0 Å². The van der Waals surface area contributed by atoms with Crippen LogP contribution < -0.4 is 14.8 Å². The van der Waals surface area contributed by atoms with Crippen molar-refractivity contribution in [3.05, 3.63) is 71.9 Å². The van der Waals surface area contributed by atoms with Crippen LogP contribution in [0, 0.1) is 6.92 Å². The highest BCUT2D eigenvalue weighted by atomic mass is 16.5. The van der Waals surface area contributed by atoms with E-state index >= 15 is 0 Å². The van der Waals surface area contributed by atoms with Crippen molar-refractivity contribution < 1.29 is 14.3 Å². The van der Waals surface area contributed by atoms with Gasteiger partial charge in [-0.2, -0.15) is 0 Å². The SMILES string of the molecule is Cc1ccccc1-c1ccc(C(=O)Nc2ccc3c(c2)OCCCO3)cn1. The number of rotatable bonds is 3. The number of aromatic nitrogens is 1. The second-order valence-corrected chi connectivity index (χ2v) is 6.41. The smallest absolute Gasteiger partial charge is 0.257 e. The van der Waals surface area contributed by atoms with Gasteiger partial charge in [0.1, 0.15) is 0 Å². The van der Waals surface area contributed by atoms with E-state index in [9.17, 15) is 4.79 Å². The van der Waals surface area contributed by atoms with Gasteiger partial charge in [-0.25, -0.2) is 0 Å². The van der Waals surface area contributed by atoms with E-state index in [-0.39, 0.29) is 5.91 Å². The van der Waals surface area contributed by atoms with Gasteiger partial charge in [-0.1, -0.05) is 24.3 Å². The van der Waals surface area contributed by atoms with Crippen molar-refractivity contribution in [2.75, 3.05) is 18.5 Å². The Kier molecular flexibility index (Phi) is 4.75. The molecular formula is C22H20N2O3. The van der Waals surface area contributed by atoms with Crippen molar-refractivity contribution >= 4 is 11.6 Å². The van der Waals surface area contributed by atoms with Crippen molar-refractivity contribution in [3.63, 3.8) is 0 Å². The minimum Gasteiger partial charge on any atom is -0.490 e. The molecular weight excluding hydrogens is 340 g/mol. The lowest BCUT2D eigenvalue weighted by molar-refractivity contribution is 0.102. The van der Waals surface area contributed by atoms with Crippen LogP contribution in [-0.4, -0.2) is 24.1 Å². The number of aryl methyl sites for hydroxylation is 1. The number of pyridine rings is 1. The Morgan fingerprint density at radius 1 is 1.00 bits per heavy atom. The van der Waals surface area contributed by atoms with E-state index in [1.807, 2.05) is 43.3 Å². The number of carbonyl (C=O) groups is 1. The maximum absolute atomic E-state index is 12.5. The van der Waals surface area contributed by atoms with Crippen LogP contribution in [0.3, 0.4) is 0 Å². The third-order valence-corrected chi connectivity index (χ3v) is 4.45. The largest absolute Gasteiger partial charge is 0.490 e. The molecule has 0 aliphatic carbocycles. The lowest BCUT2D eigenvalue weighted by atomic mass is 10.0. The van der Waals surface area contributed by atoms with Crippen molar-refractivity contribution in [3.8, 4) is 22.8 Å². The summed E-state index contributed by atoms with van der Waals surface area (Å²) >= 11 is 0. The van der Waals surface area contributed by atoms with Crippen molar-refractivity contribution in [1.82, 2.24) is 4.98 Å². The highest BCUT2D eigenvalue weighted by molar-refractivity contribution is 6.04. The standard InChI is InChI=1S/C22H20N2O3/c1-15-5-2-3-6-18(15)19-9-7-16(14-23-19)22(25)24-17-8-10-20-21(13-17)27-12-4-11-26-20/h2-3,5-10,13-14H,4,11-12H2,1H3,(H,24,25). The van der Waals surface area contributed by atoms with Crippen molar-refractivity contribution in [2.24, 2.45) is 0 Å². The number of amides is 1. The monoisotopic (exact) mass is 360 g/mol. The third-order valence-electron chi connectivity index (χ3n) is 4.45. The fourth-order valence-corrected chi connectivity index (χ4v) is 2.99. The number of fused-ring (bicyclic) bond motifs is 1. The van der Waals surface area contributed by atoms with Crippen LogP contribution in [0.15, 0.2) is 60.8 Å². The van der Waals surface area contributed by atoms with Crippen molar-refractivity contribution in [1.29, 1.82) is 0 Å².